The van der Waals surface area contributed by atoms with Gasteiger partial charge in [-0.3, -0.25) is 9.98 Å². The highest BCUT2D eigenvalue weighted by molar-refractivity contribution is 8.16. The van der Waals surface area contributed by atoms with Crippen molar-refractivity contribution in [3.63, 3.8) is 0 Å². The summed E-state index contributed by atoms with van der Waals surface area (Å²) in [6.07, 6.45) is 1.83. The van der Waals surface area contributed by atoms with Gasteiger partial charge in [0.1, 0.15) is 10.8 Å². The van der Waals surface area contributed by atoms with E-state index in [1.165, 1.54) is 11.8 Å². The second kappa shape index (κ2) is 9.73. The number of aryl methyl sites for hydroxylation is 1. The van der Waals surface area contributed by atoms with Gasteiger partial charge in [0.15, 0.2) is 6.04 Å². The molecule has 0 bridgehead atoms. The van der Waals surface area contributed by atoms with Crippen LogP contribution in [0.2, 0.25) is 0 Å². The number of hydrogen-bond donors (Lipinski definition) is 1. The van der Waals surface area contributed by atoms with Gasteiger partial charge in [0, 0.05) is 12.3 Å². The van der Waals surface area contributed by atoms with Gasteiger partial charge < -0.3 is 14.7 Å². The average molecular weight is 378 g/mol. The van der Waals surface area contributed by atoms with Crippen molar-refractivity contribution in [3.05, 3.63) is 23.8 Å². The van der Waals surface area contributed by atoms with Gasteiger partial charge in [-0.05, 0) is 57.6 Å². The van der Waals surface area contributed by atoms with Crippen LogP contribution in [0.1, 0.15) is 25.8 Å². The number of hydrogen-bond acceptors (Lipinski definition) is 6. The fourth-order valence-electron chi connectivity index (χ4n) is 2.54. The van der Waals surface area contributed by atoms with Crippen molar-refractivity contribution in [2.24, 2.45) is 9.98 Å². The Kier molecular flexibility index (Phi) is 7.66. The number of carbonyl (C=O) groups is 1. The molecule has 0 unspecified atom stereocenters. The summed E-state index contributed by atoms with van der Waals surface area (Å²) in [7, 11) is 4.10. The van der Waals surface area contributed by atoms with Gasteiger partial charge >= 0.3 is 5.97 Å². The Hall–Kier alpha value is -1.86. The van der Waals surface area contributed by atoms with Crippen LogP contribution in [0.15, 0.2) is 28.2 Å². The van der Waals surface area contributed by atoms with E-state index in [1.807, 2.05) is 25.1 Å². The molecule has 1 aliphatic heterocycles. The molecule has 0 fully saturated rings. The number of nitrogens with zero attached hydrogens (tertiary/aromatic N) is 3. The van der Waals surface area contributed by atoms with Gasteiger partial charge in [-0.15, -0.1) is 11.8 Å². The summed E-state index contributed by atoms with van der Waals surface area (Å²) in [5, 5.41) is 9.77. The maximum atomic E-state index is 11.0. The lowest BCUT2D eigenvalue weighted by molar-refractivity contribution is -0.137. The molecule has 0 aliphatic carbocycles. The van der Waals surface area contributed by atoms with Crippen molar-refractivity contribution < 1.29 is 14.6 Å². The molecule has 1 N–H and O–H groups in total. The highest BCUT2D eigenvalue weighted by atomic mass is 32.2. The molecule has 0 amide bonds. The maximum absolute atomic E-state index is 11.0. The molecule has 1 aromatic carbocycles. The molecule has 0 spiro atoms. The zero-order valence-corrected chi connectivity index (χ0v) is 16.7. The molecule has 0 aromatic heterocycles. The Morgan fingerprint density at radius 1 is 1.46 bits per heavy atom. The molecular weight excluding hydrogens is 350 g/mol. The predicted molar refractivity (Wildman–Crippen MR) is 109 cm³/mol. The second-order valence-electron chi connectivity index (χ2n) is 6.45. The minimum atomic E-state index is -0.884. The van der Waals surface area contributed by atoms with Crippen LogP contribution >= 0.6 is 11.8 Å². The first kappa shape index (κ1) is 20.5. The number of carboxylic acid groups (broad SMARTS) is 1. The molecule has 1 atom stereocenters. The summed E-state index contributed by atoms with van der Waals surface area (Å²) in [5.41, 5.74) is 2.74. The van der Waals surface area contributed by atoms with E-state index in [0.29, 0.717) is 17.4 Å². The largest absolute Gasteiger partial charge is 0.494 e. The third-order valence-corrected chi connectivity index (χ3v) is 5.14. The zero-order chi connectivity index (χ0) is 19.1. The van der Waals surface area contributed by atoms with Crippen molar-refractivity contribution in [1.82, 2.24) is 4.90 Å². The third-order valence-electron chi connectivity index (χ3n) is 3.98. The van der Waals surface area contributed by atoms with Gasteiger partial charge in [-0.25, -0.2) is 4.79 Å². The van der Waals surface area contributed by atoms with E-state index in [4.69, 9.17) is 9.84 Å². The lowest BCUT2D eigenvalue weighted by atomic mass is 10.1. The van der Waals surface area contributed by atoms with Crippen LogP contribution in [0.5, 0.6) is 5.75 Å². The van der Waals surface area contributed by atoms with Crippen molar-refractivity contribution in [2.75, 3.05) is 33.0 Å². The van der Waals surface area contributed by atoms with E-state index in [1.54, 1.807) is 0 Å². The second-order valence-corrected chi connectivity index (χ2v) is 7.45. The summed E-state index contributed by atoms with van der Waals surface area (Å²) in [5.74, 6) is 0.443. The molecule has 0 saturated carbocycles. The molecule has 7 heteroatoms. The smallest absolute Gasteiger partial charge is 0.329 e. The summed E-state index contributed by atoms with van der Waals surface area (Å²) < 4.78 is 5.83. The molecule has 1 aromatic rings. The number of carboxylic acids is 1. The van der Waals surface area contributed by atoms with Crippen LogP contribution in [0.4, 0.5) is 5.69 Å². The zero-order valence-electron chi connectivity index (χ0n) is 15.9. The SMILES string of the molecule is CCc1cc(OCCCN(C)C)ccc1N=C(C)C1=N[C@@H](C(=O)O)CS1. The van der Waals surface area contributed by atoms with E-state index < -0.39 is 12.0 Å². The van der Waals surface area contributed by atoms with E-state index in [-0.39, 0.29) is 0 Å². The molecule has 1 heterocycles. The first-order valence-electron chi connectivity index (χ1n) is 8.80. The fraction of sp³-hybridized carbons (Fsp3) is 0.526. The monoisotopic (exact) mass is 377 g/mol. The van der Waals surface area contributed by atoms with Crippen molar-refractivity contribution in [2.45, 2.75) is 32.7 Å². The van der Waals surface area contributed by atoms with E-state index >= 15 is 0 Å². The van der Waals surface area contributed by atoms with Gasteiger partial charge in [-0.2, -0.15) is 0 Å². The number of thioether (sulfide) groups is 1. The van der Waals surface area contributed by atoms with Crippen LogP contribution in [0.3, 0.4) is 0 Å². The van der Waals surface area contributed by atoms with Crippen LogP contribution < -0.4 is 4.74 Å². The molecule has 2 rings (SSSR count). The summed E-state index contributed by atoms with van der Waals surface area (Å²) in [6.45, 7) is 5.65. The van der Waals surface area contributed by atoms with E-state index in [9.17, 15) is 4.79 Å². The first-order chi connectivity index (χ1) is 12.4. The molecule has 6 nitrogen and oxygen atoms in total. The highest BCUT2D eigenvalue weighted by Crippen LogP contribution is 2.27. The molecule has 1 aliphatic rings. The van der Waals surface area contributed by atoms with Crippen LogP contribution in [-0.2, 0) is 11.2 Å². The summed E-state index contributed by atoms with van der Waals surface area (Å²) >= 11 is 1.45. The Morgan fingerprint density at radius 3 is 2.85 bits per heavy atom. The fourth-order valence-corrected chi connectivity index (χ4v) is 3.53. The van der Waals surface area contributed by atoms with E-state index in [0.717, 1.165) is 42.1 Å². The molecule has 26 heavy (non-hydrogen) atoms. The maximum Gasteiger partial charge on any atom is 0.329 e. The number of benzene rings is 1. The Balaban J connectivity index is 2.07. The average Bonchev–Trinajstić information content (AvgIpc) is 3.10. The lowest BCUT2D eigenvalue weighted by Crippen LogP contribution is -2.17. The van der Waals surface area contributed by atoms with E-state index in [2.05, 4.69) is 35.9 Å². The predicted octanol–water partition coefficient (Wildman–Crippen LogP) is 3.27. The molecule has 0 saturated heterocycles. The molecular formula is C19H27N3O3S. The van der Waals surface area contributed by atoms with Gasteiger partial charge in [0.25, 0.3) is 0 Å². The lowest BCUT2D eigenvalue weighted by Gasteiger charge is -2.12. The summed E-state index contributed by atoms with van der Waals surface area (Å²) in [6, 6.07) is 5.26. The number of ether oxygens (including phenoxy) is 1. The quantitative estimate of drug-likeness (QED) is 0.528. The number of rotatable bonds is 9. The Morgan fingerprint density at radius 2 is 2.23 bits per heavy atom. The normalized spacial score (nSPS) is 17.5. The third kappa shape index (κ3) is 5.85. The topological polar surface area (TPSA) is 74.5 Å². The molecule has 142 valence electrons. The standard InChI is InChI=1S/C19H27N3O3S/c1-5-14-11-15(25-10-6-9-22(3)4)7-8-16(14)20-13(2)18-21-17(12-26-18)19(23)24/h7-8,11,17H,5-6,9-10,12H2,1-4H3,(H,23,24)/t17-/m1/s1. The minimum absolute atomic E-state index is 0.470. The Labute approximate surface area is 159 Å². The molecule has 0 radical (unpaired) electrons. The Bertz CT molecular complexity index is 701. The number of aliphatic carboxylic acids is 1. The first-order valence-corrected chi connectivity index (χ1v) is 9.78. The number of aliphatic imine (C=N–C) groups is 2. The van der Waals surface area contributed by atoms with Crippen LogP contribution in [-0.4, -0.2) is 65.8 Å². The van der Waals surface area contributed by atoms with Crippen molar-refractivity contribution in [3.8, 4) is 5.75 Å². The van der Waals surface area contributed by atoms with Gasteiger partial charge in [0.05, 0.1) is 18.0 Å². The van der Waals surface area contributed by atoms with Gasteiger partial charge in [-0.1, -0.05) is 6.92 Å². The van der Waals surface area contributed by atoms with Gasteiger partial charge in [0.2, 0.25) is 0 Å². The van der Waals surface area contributed by atoms with Crippen molar-refractivity contribution >= 4 is 34.2 Å². The van der Waals surface area contributed by atoms with Crippen molar-refractivity contribution in [1.29, 1.82) is 0 Å². The van der Waals surface area contributed by atoms with Crippen LogP contribution in [0.25, 0.3) is 0 Å². The summed E-state index contributed by atoms with van der Waals surface area (Å²) in [4.78, 5) is 22.1. The minimum Gasteiger partial charge on any atom is -0.494 e. The van der Waals surface area contributed by atoms with Crippen LogP contribution in [0, 0.1) is 0 Å². The highest BCUT2D eigenvalue weighted by Gasteiger charge is 2.25.